The second-order valence-electron chi connectivity index (χ2n) is 4.04. The highest BCUT2D eigenvalue weighted by molar-refractivity contribution is 7.98. The van der Waals surface area contributed by atoms with Crippen LogP contribution in [-0.2, 0) is 5.75 Å². The molecule has 0 saturated heterocycles. The average Bonchev–Trinajstić information content (AvgIpc) is 2.92. The molecule has 1 aliphatic carbocycles. The molecule has 2 aromatic rings. The molecule has 0 atom stereocenters. The fraction of sp³-hybridized carbons (Fsp3) is 0.364. The SMILES string of the molecule is O=C(O)c1ccc(SCc2noc(C3CC3)n2)o1. The minimum absolute atomic E-state index is 0.0655. The Kier molecular flexibility index (Phi) is 2.83. The Hall–Kier alpha value is -1.76. The number of aromatic nitrogens is 2. The van der Waals surface area contributed by atoms with E-state index in [2.05, 4.69) is 10.1 Å². The first-order chi connectivity index (χ1) is 8.72. The Morgan fingerprint density at radius 3 is 3.00 bits per heavy atom. The molecule has 6 nitrogen and oxygen atoms in total. The molecule has 2 heterocycles. The van der Waals surface area contributed by atoms with Crippen LogP contribution in [-0.4, -0.2) is 21.2 Å². The van der Waals surface area contributed by atoms with Crippen LogP contribution in [0.15, 0.2) is 26.2 Å². The summed E-state index contributed by atoms with van der Waals surface area (Å²) in [6.45, 7) is 0. The van der Waals surface area contributed by atoms with Crippen LogP contribution in [0.2, 0.25) is 0 Å². The van der Waals surface area contributed by atoms with Gasteiger partial charge in [-0.05, 0) is 25.0 Å². The van der Waals surface area contributed by atoms with Crippen molar-refractivity contribution in [2.24, 2.45) is 0 Å². The molecule has 0 amide bonds. The lowest BCUT2D eigenvalue weighted by molar-refractivity contribution is 0.0656. The van der Waals surface area contributed by atoms with E-state index >= 15 is 0 Å². The van der Waals surface area contributed by atoms with Crippen LogP contribution in [0.4, 0.5) is 0 Å². The molecule has 0 aliphatic heterocycles. The van der Waals surface area contributed by atoms with Crippen LogP contribution in [0.25, 0.3) is 0 Å². The molecule has 0 aromatic carbocycles. The molecule has 0 spiro atoms. The second-order valence-corrected chi connectivity index (χ2v) is 5.02. The van der Waals surface area contributed by atoms with Gasteiger partial charge < -0.3 is 14.0 Å². The van der Waals surface area contributed by atoms with E-state index in [0.29, 0.717) is 28.5 Å². The van der Waals surface area contributed by atoms with Crippen molar-refractivity contribution in [2.75, 3.05) is 0 Å². The summed E-state index contributed by atoms with van der Waals surface area (Å²) in [6.07, 6.45) is 2.24. The maximum absolute atomic E-state index is 10.6. The number of carboxylic acids is 1. The van der Waals surface area contributed by atoms with E-state index in [1.165, 1.54) is 17.8 Å². The van der Waals surface area contributed by atoms with Crippen LogP contribution < -0.4 is 0 Å². The fourth-order valence-corrected chi connectivity index (χ4v) is 2.17. The van der Waals surface area contributed by atoms with Gasteiger partial charge in [-0.1, -0.05) is 16.9 Å². The van der Waals surface area contributed by atoms with Crippen molar-refractivity contribution in [3.8, 4) is 0 Å². The molecule has 1 aliphatic rings. The Morgan fingerprint density at radius 1 is 1.50 bits per heavy atom. The first-order valence-electron chi connectivity index (χ1n) is 5.51. The standard InChI is InChI=1S/C11H10N2O4S/c14-11(15)7-3-4-9(16-7)18-5-8-12-10(17-13-8)6-1-2-6/h3-4,6H,1-2,5H2,(H,14,15). The van der Waals surface area contributed by atoms with Gasteiger partial charge in [0.15, 0.2) is 10.9 Å². The van der Waals surface area contributed by atoms with Gasteiger partial charge in [-0.2, -0.15) is 4.98 Å². The van der Waals surface area contributed by atoms with Crippen molar-refractivity contribution in [2.45, 2.75) is 29.6 Å². The number of hydrogen-bond acceptors (Lipinski definition) is 6. The summed E-state index contributed by atoms with van der Waals surface area (Å²) in [5.41, 5.74) is 0. The number of aromatic carboxylic acids is 1. The van der Waals surface area contributed by atoms with E-state index in [1.54, 1.807) is 6.07 Å². The predicted molar refractivity (Wildman–Crippen MR) is 61.5 cm³/mol. The number of nitrogens with zero attached hydrogens (tertiary/aromatic N) is 2. The third-order valence-corrected chi connectivity index (χ3v) is 3.45. The highest BCUT2D eigenvalue weighted by atomic mass is 32.2. The molecule has 1 saturated carbocycles. The van der Waals surface area contributed by atoms with Gasteiger partial charge in [0.2, 0.25) is 11.7 Å². The van der Waals surface area contributed by atoms with Crippen molar-refractivity contribution >= 4 is 17.7 Å². The van der Waals surface area contributed by atoms with Gasteiger partial charge in [0.05, 0.1) is 5.75 Å². The van der Waals surface area contributed by atoms with Gasteiger partial charge in [-0.15, -0.1) is 0 Å². The largest absolute Gasteiger partial charge is 0.475 e. The summed E-state index contributed by atoms with van der Waals surface area (Å²) >= 11 is 1.34. The number of rotatable bonds is 5. The van der Waals surface area contributed by atoms with Crippen molar-refractivity contribution in [3.05, 3.63) is 29.6 Å². The van der Waals surface area contributed by atoms with Crippen molar-refractivity contribution in [1.29, 1.82) is 0 Å². The monoisotopic (exact) mass is 266 g/mol. The average molecular weight is 266 g/mol. The van der Waals surface area contributed by atoms with Crippen LogP contribution in [0, 0.1) is 0 Å². The highest BCUT2D eigenvalue weighted by Gasteiger charge is 2.29. The minimum atomic E-state index is -1.07. The summed E-state index contributed by atoms with van der Waals surface area (Å²) in [7, 11) is 0. The first-order valence-corrected chi connectivity index (χ1v) is 6.49. The third kappa shape index (κ3) is 2.40. The Bertz CT molecular complexity index is 573. The molecule has 18 heavy (non-hydrogen) atoms. The summed E-state index contributed by atoms with van der Waals surface area (Å²) in [6, 6.07) is 3.05. The maximum atomic E-state index is 10.6. The van der Waals surface area contributed by atoms with Crippen LogP contribution in [0.3, 0.4) is 0 Å². The zero-order chi connectivity index (χ0) is 12.5. The molecule has 7 heteroatoms. The first kappa shape index (κ1) is 11.3. The van der Waals surface area contributed by atoms with Crippen LogP contribution in [0.5, 0.6) is 0 Å². The maximum Gasteiger partial charge on any atom is 0.371 e. The molecular formula is C11H10N2O4S. The van der Waals surface area contributed by atoms with E-state index in [-0.39, 0.29) is 5.76 Å². The lowest BCUT2D eigenvalue weighted by Gasteiger charge is -1.91. The van der Waals surface area contributed by atoms with E-state index in [4.69, 9.17) is 14.0 Å². The van der Waals surface area contributed by atoms with Gasteiger partial charge in [0, 0.05) is 5.92 Å². The van der Waals surface area contributed by atoms with Crippen molar-refractivity contribution in [1.82, 2.24) is 10.1 Å². The van der Waals surface area contributed by atoms with Gasteiger partial charge in [-0.25, -0.2) is 4.79 Å². The molecule has 1 fully saturated rings. The summed E-state index contributed by atoms with van der Waals surface area (Å²) in [5.74, 6) is 1.12. The molecule has 1 N–H and O–H groups in total. The quantitative estimate of drug-likeness (QED) is 0.831. The lowest BCUT2D eigenvalue weighted by atomic mass is 10.4. The molecule has 3 rings (SSSR count). The summed E-state index contributed by atoms with van der Waals surface area (Å²) in [4.78, 5) is 14.9. The lowest BCUT2D eigenvalue weighted by Crippen LogP contribution is -1.91. The zero-order valence-corrected chi connectivity index (χ0v) is 10.1. The van der Waals surface area contributed by atoms with Gasteiger partial charge in [0.1, 0.15) is 0 Å². The molecule has 94 valence electrons. The van der Waals surface area contributed by atoms with Crippen molar-refractivity contribution < 1.29 is 18.8 Å². The Balaban J connectivity index is 1.60. The van der Waals surface area contributed by atoms with Crippen molar-refractivity contribution in [3.63, 3.8) is 0 Å². The number of carboxylic acid groups (broad SMARTS) is 1. The molecule has 0 radical (unpaired) electrons. The zero-order valence-electron chi connectivity index (χ0n) is 9.33. The third-order valence-electron chi connectivity index (χ3n) is 2.55. The van der Waals surface area contributed by atoms with Crippen LogP contribution in [0.1, 0.15) is 41.0 Å². The van der Waals surface area contributed by atoms with Gasteiger partial charge >= 0.3 is 5.97 Å². The fourth-order valence-electron chi connectivity index (χ4n) is 1.47. The van der Waals surface area contributed by atoms with E-state index < -0.39 is 5.97 Å². The topological polar surface area (TPSA) is 89.4 Å². The van der Waals surface area contributed by atoms with E-state index in [1.807, 2.05) is 0 Å². The van der Waals surface area contributed by atoms with E-state index in [0.717, 1.165) is 12.8 Å². The Labute approximate surface area is 106 Å². The molecular weight excluding hydrogens is 256 g/mol. The molecule has 2 aromatic heterocycles. The number of furan rings is 1. The normalized spacial score (nSPS) is 14.9. The number of thioether (sulfide) groups is 1. The minimum Gasteiger partial charge on any atom is -0.475 e. The summed E-state index contributed by atoms with van der Waals surface area (Å²) < 4.78 is 10.2. The number of carbonyl (C=O) groups is 1. The molecule has 0 unspecified atom stereocenters. The predicted octanol–water partition coefficient (Wildman–Crippen LogP) is 2.53. The van der Waals surface area contributed by atoms with E-state index in [9.17, 15) is 4.79 Å². The second kappa shape index (κ2) is 4.49. The number of hydrogen-bond donors (Lipinski definition) is 1. The summed E-state index contributed by atoms with van der Waals surface area (Å²) in [5, 5.41) is 13.1. The highest BCUT2D eigenvalue weighted by Crippen LogP contribution is 2.39. The Morgan fingerprint density at radius 2 is 2.33 bits per heavy atom. The van der Waals surface area contributed by atoms with Gasteiger partial charge in [-0.3, -0.25) is 0 Å². The molecule has 0 bridgehead atoms. The smallest absolute Gasteiger partial charge is 0.371 e. The van der Waals surface area contributed by atoms with Crippen LogP contribution >= 0.6 is 11.8 Å². The van der Waals surface area contributed by atoms with Gasteiger partial charge in [0.25, 0.3) is 0 Å².